The van der Waals surface area contributed by atoms with E-state index in [0.717, 1.165) is 12.8 Å². The van der Waals surface area contributed by atoms with Crippen molar-refractivity contribution in [3.8, 4) is 11.8 Å². The van der Waals surface area contributed by atoms with Gasteiger partial charge in [0.25, 0.3) is 5.91 Å². The van der Waals surface area contributed by atoms with Crippen molar-refractivity contribution in [1.82, 2.24) is 14.9 Å². The lowest BCUT2D eigenvalue weighted by atomic mass is 10.1. The molecule has 1 aromatic heterocycles. The van der Waals surface area contributed by atoms with Crippen molar-refractivity contribution in [3.63, 3.8) is 0 Å². The van der Waals surface area contributed by atoms with E-state index in [0.29, 0.717) is 34.5 Å². The van der Waals surface area contributed by atoms with Crippen LogP contribution in [-0.2, 0) is 0 Å². The lowest BCUT2D eigenvalue weighted by Gasteiger charge is -2.24. The summed E-state index contributed by atoms with van der Waals surface area (Å²) in [5.74, 6) is 0.477. The molecule has 0 aliphatic carbocycles. The van der Waals surface area contributed by atoms with Crippen LogP contribution in [0, 0.1) is 0 Å². The SMILES string of the molecule is COc1cnc(OCC2CCCN2C(=O)c2ccc(Cl)c(Cl)c2)nc1. The van der Waals surface area contributed by atoms with Crippen LogP contribution >= 0.6 is 23.2 Å². The van der Waals surface area contributed by atoms with Gasteiger partial charge in [-0.1, -0.05) is 23.2 Å². The highest BCUT2D eigenvalue weighted by atomic mass is 35.5. The average molecular weight is 382 g/mol. The average Bonchev–Trinajstić information content (AvgIpc) is 3.10. The smallest absolute Gasteiger partial charge is 0.316 e. The minimum Gasteiger partial charge on any atom is -0.494 e. The number of hydrogen-bond acceptors (Lipinski definition) is 5. The van der Waals surface area contributed by atoms with Crippen molar-refractivity contribution in [3.05, 3.63) is 46.2 Å². The van der Waals surface area contributed by atoms with Gasteiger partial charge in [0.05, 0.1) is 35.6 Å². The molecule has 0 radical (unpaired) electrons. The number of likely N-dealkylation sites (tertiary alicyclic amines) is 1. The maximum Gasteiger partial charge on any atom is 0.316 e. The molecule has 1 amide bonds. The molecule has 1 aromatic carbocycles. The summed E-state index contributed by atoms with van der Waals surface area (Å²) in [6, 6.07) is 5.13. The molecule has 0 bridgehead atoms. The van der Waals surface area contributed by atoms with Crippen LogP contribution in [0.3, 0.4) is 0 Å². The van der Waals surface area contributed by atoms with Crippen LogP contribution in [0.5, 0.6) is 11.8 Å². The predicted octanol–water partition coefficient (Wildman–Crippen LogP) is 3.48. The van der Waals surface area contributed by atoms with E-state index in [4.69, 9.17) is 32.7 Å². The number of hydrogen-bond donors (Lipinski definition) is 0. The Bertz CT molecular complexity index is 755. The number of methoxy groups -OCH3 is 1. The minimum absolute atomic E-state index is 0.0346. The molecule has 25 heavy (non-hydrogen) atoms. The van der Waals surface area contributed by atoms with Gasteiger partial charge in [-0.15, -0.1) is 0 Å². The molecule has 0 spiro atoms. The lowest BCUT2D eigenvalue weighted by Crippen LogP contribution is -2.39. The highest BCUT2D eigenvalue weighted by molar-refractivity contribution is 6.42. The summed E-state index contributed by atoms with van der Waals surface area (Å²) in [6.07, 6.45) is 4.86. The van der Waals surface area contributed by atoms with Crippen LogP contribution < -0.4 is 9.47 Å². The van der Waals surface area contributed by atoms with Gasteiger partial charge in [0.15, 0.2) is 5.75 Å². The Morgan fingerprint density at radius 1 is 1.28 bits per heavy atom. The van der Waals surface area contributed by atoms with Crippen molar-refractivity contribution in [2.45, 2.75) is 18.9 Å². The highest BCUT2D eigenvalue weighted by Crippen LogP contribution is 2.26. The van der Waals surface area contributed by atoms with Crippen molar-refractivity contribution >= 4 is 29.1 Å². The van der Waals surface area contributed by atoms with E-state index >= 15 is 0 Å². The number of benzene rings is 1. The fourth-order valence-corrected chi connectivity index (χ4v) is 3.02. The summed E-state index contributed by atoms with van der Waals surface area (Å²) >= 11 is 11.9. The van der Waals surface area contributed by atoms with E-state index in [1.54, 1.807) is 30.2 Å². The van der Waals surface area contributed by atoms with Gasteiger partial charge >= 0.3 is 6.01 Å². The molecule has 1 aliphatic rings. The van der Waals surface area contributed by atoms with Crippen LogP contribution in [-0.4, -0.2) is 47.1 Å². The lowest BCUT2D eigenvalue weighted by molar-refractivity contribution is 0.0686. The maximum absolute atomic E-state index is 12.7. The van der Waals surface area contributed by atoms with Crippen molar-refractivity contribution in [2.75, 3.05) is 20.3 Å². The Balaban J connectivity index is 1.65. The predicted molar refractivity (Wildman–Crippen MR) is 94.6 cm³/mol. The van der Waals surface area contributed by atoms with E-state index in [9.17, 15) is 4.79 Å². The van der Waals surface area contributed by atoms with E-state index in [2.05, 4.69) is 9.97 Å². The third kappa shape index (κ3) is 4.14. The molecule has 1 atom stereocenters. The maximum atomic E-state index is 12.7. The Labute approximate surface area is 155 Å². The zero-order valence-electron chi connectivity index (χ0n) is 13.6. The fraction of sp³-hybridized carbons (Fsp3) is 0.353. The van der Waals surface area contributed by atoms with Gasteiger partial charge in [-0.25, -0.2) is 0 Å². The van der Waals surface area contributed by atoms with Crippen molar-refractivity contribution < 1.29 is 14.3 Å². The fourth-order valence-electron chi connectivity index (χ4n) is 2.73. The van der Waals surface area contributed by atoms with Gasteiger partial charge in [0.2, 0.25) is 0 Å². The Morgan fingerprint density at radius 3 is 2.72 bits per heavy atom. The first kappa shape index (κ1) is 17.8. The molecule has 0 N–H and O–H groups in total. The van der Waals surface area contributed by atoms with Gasteiger partial charge in [-0.05, 0) is 31.0 Å². The second-order valence-corrected chi connectivity index (χ2v) is 6.45. The summed E-state index contributed by atoms with van der Waals surface area (Å²) in [4.78, 5) is 22.7. The van der Waals surface area contributed by atoms with E-state index < -0.39 is 0 Å². The van der Waals surface area contributed by atoms with Crippen LogP contribution in [0.2, 0.25) is 10.0 Å². The molecule has 2 heterocycles. The summed E-state index contributed by atoms with van der Waals surface area (Å²) in [5, 5.41) is 0.794. The normalized spacial score (nSPS) is 16.8. The molecule has 132 valence electrons. The largest absolute Gasteiger partial charge is 0.494 e. The summed E-state index contributed by atoms with van der Waals surface area (Å²) in [6.45, 7) is 1.01. The quantitative estimate of drug-likeness (QED) is 0.792. The van der Waals surface area contributed by atoms with Crippen LogP contribution in [0.15, 0.2) is 30.6 Å². The van der Waals surface area contributed by atoms with Gasteiger partial charge in [-0.2, -0.15) is 9.97 Å². The van der Waals surface area contributed by atoms with E-state index in [-0.39, 0.29) is 18.0 Å². The summed E-state index contributed by atoms with van der Waals surface area (Å²) < 4.78 is 10.6. The van der Waals surface area contributed by atoms with Gasteiger partial charge in [0.1, 0.15) is 6.61 Å². The first-order valence-corrected chi connectivity index (χ1v) is 8.59. The number of halogens is 2. The molecule has 1 saturated heterocycles. The van der Waals surface area contributed by atoms with Gasteiger partial charge in [0, 0.05) is 12.1 Å². The van der Waals surface area contributed by atoms with Crippen molar-refractivity contribution in [1.29, 1.82) is 0 Å². The topological polar surface area (TPSA) is 64.6 Å². The molecule has 6 nitrogen and oxygen atoms in total. The molecule has 8 heteroatoms. The number of amides is 1. The Kier molecular flexibility index (Phi) is 5.60. The van der Waals surface area contributed by atoms with E-state index in [1.165, 1.54) is 12.4 Å². The zero-order chi connectivity index (χ0) is 17.8. The molecule has 0 saturated carbocycles. The summed E-state index contributed by atoms with van der Waals surface area (Å²) in [7, 11) is 1.55. The second kappa shape index (κ2) is 7.89. The first-order valence-electron chi connectivity index (χ1n) is 7.83. The molecule has 2 aromatic rings. The zero-order valence-corrected chi connectivity index (χ0v) is 15.1. The second-order valence-electron chi connectivity index (χ2n) is 5.64. The third-order valence-corrected chi connectivity index (χ3v) is 4.79. The highest BCUT2D eigenvalue weighted by Gasteiger charge is 2.30. The molecular formula is C17H17Cl2N3O3. The van der Waals surface area contributed by atoms with Gasteiger partial charge in [-0.3, -0.25) is 4.79 Å². The summed E-state index contributed by atoms with van der Waals surface area (Å²) in [5.41, 5.74) is 0.516. The number of carbonyl (C=O) groups is 1. The first-order chi connectivity index (χ1) is 12.1. The van der Waals surface area contributed by atoms with Crippen LogP contribution in [0.1, 0.15) is 23.2 Å². The number of nitrogens with zero attached hydrogens (tertiary/aromatic N) is 3. The van der Waals surface area contributed by atoms with E-state index in [1.807, 2.05) is 0 Å². The Morgan fingerprint density at radius 2 is 2.04 bits per heavy atom. The van der Waals surface area contributed by atoms with Crippen molar-refractivity contribution in [2.24, 2.45) is 0 Å². The monoisotopic (exact) mass is 381 g/mol. The molecule has 1 fully saturated rings. The molecule has 1 unspecified atom stereocenters. The molecule has 1 aliphatic heterocycles. The van der Waals surface area contributed by atoms with Crippen LogP contribution in [0.4, 0.5) is 0 Å². The number of carbonyl (C=O) groups excluding carboxylic acids is 1. The number of rotatable bonds is 5. The number of aromatic nitrogens is 2. The van der Waals surface area contributed by atoms with Crippen LogP contribution in [0.25, 0.3) is 0 Å². The minimum atomic E-state index is -0.0830. The molecular weight excluding hydrogens is 365 g/mol. The third-order valence-electron chi connectivity index (χ3n) is 4.05. The standard InChI is InChI=1S/C17H17Cl2N3O3/c1-24-13-8-20-17(21-9-13)25-10-12-3-2-6-22(12)16(23)11-4-5-14(18)15(19)7-11/h4-5,7-9,12H,2-3,6,10H2,1H3. The molecule has 3 rings (SSSR count). The Hall–Kier alpha value is -2.05. The van der Waals surface area contributed by atoms with Gasteiger partial charge < -0.3 is 14.4 Å². The number of ether oxygens (including phenoxy) is 2.